The lowest BCUT2D eigenvalue weighted by Gasteiger charge is -2.20. The van der Waals surface area contributed by atoms with Gasteiger partial charge >= 0.3 is 0 Å². The maximum absolute atomic E-state index is 4.39. The molecule has 1 aromatic carbocycles. The van der Waals surface area contributed by atoms with Gasteiger partial charge in [0.05, 0.1) is 17.4 Å². The van der Waals surface area contributed by atoms with E-state index in [-0.39, 0.29) is 0 Å². The Morgan fingerprint density at radius 2 is 2.38 bits per heavy atom. The van der Waals surface area contributed by atoms with Crippen LogP contribution >= 0.6 is 0 Å². The third kappa shape index (κ3) is 0.857. The fourth-order valence-electron chi connectivity index (χ4n) is 2.21. The van der Waals surface area contributed by atoms with Gasteiger partial charge in [0.1, 0.15) is 0 Å². The van der Waals surface area contributed by atoms with Crippen molar-refractivity contribution >= 4 is 11.0 Å². The van der Waals surface area contributed by atoms with E-state index >= 15 is 0 Å². The Bertz CT molecular complexity index is 456. The molecule has 2 heterocycles. The molecule has 1 aliphatic rings. The second-order valence-corrected chi connectivity index (χ2v) is 3.84. The molecule has 0 radical (unpaired) electrons. The number of nitrogens with zero attached hydrogens (tertiary/aromatic N) is 2. The summed E-state index contributed by atoms with van der Waals surface area (Å²) in [5, 5.41) is 0. The zero-order valence-corrected chi connectivity index (χ0v) is 7.70. The van der Waals surface area contributed by atoms with Crippen molar-refractivity contribution in [1.82, 2.24) is 9.55 Å². The van der Waals surface area contributed by atoms with Crippen LogP contribution in [0.2, 0.25) is 0 Å². The van der Waals surface area contributed by atoms with Crippen LogP contribution in [0.15, 0.2) is 24.5 Å². The average molecular weight is 172 g/mol. The lowest BCUT2D eigenvalue weighted by molar-refractivity contribution is 0.560. The van der Waals surface area contributed by atoms with E-state index in [0.717, 1.165) is 12.1 Å². The van der Waals surface area contributed by atoms with Gasteiger partial charge in [-0.05, 0) is 24.0 Å². The van der Waals surface area contributed by atoms with Crippen molar-refractivity contribution in [1.29, 1.82) is 0 Å². The molecule has 1 aromatic heterocycles. The van der Waals surface area contributed by atoms with Crippen LogP contribution in [-0.4, -0.2) is 9.55 Å². The van der Waals surface area contributed by atoms with E-state index in [0.29, 0.717) is 5.92 Å². The van der Waals surface area contributed by atoms with Crippen LogP contribution in [0.4, 0.5) is 0 Å². The molecular weight excluding hydrogens is 160 g/mol. The first kappa shape index (κ1) is 7.13. The van der Waals surface area contributed by atoms with Gasteiger partial charge in [-0.1, -0.05) is 19.1 Å². The predicted molar refractivity (Wildman–Crippen MR) is 52.8 cm³/mol. The Hall–Kier alpha value is -1.31. The highest BCUT2D eigenvalue weighted by molar-refractivity contribution is 5.80. The normalized spacial score (nSPS) is 20.8. The maximum atomic E-state index is 4.39. The van der Waals surface area contributed by atoms with Crippen LogP contribution in [0.1, 0.15) is 24.8 Å². The monoisotopic (exact) mass is 172 g/mol. The number of rotatable bonds is 0. The van der Waals surface area contributed by atoms with E-state index in [1.165, 1.54) is 17.5 Å². The first-order valence-electron chi connectivity index (χ1n) is 4.80. The predicted octanol–water partition coefficient (Wildman–Crippen LogP) is 2.54. The van der Waals surface area contributed by atoms with Gasteiger partial charge in [0.2, 0.25) is 0 Å². The molecule has 0 unspecified atom stereocenters. The smallest absolute Gasteiger partial charge is 0.0958 e. The summed E-state index contributed by atoms with van der Waals surface area (Å²) in [7, 11) is 0. The zero-order valence-electron chi connectivity index (χ0n) is 7.70. The van der Waals surface area contributed by atoms with Crippen molar-refractivity contribution in [2.45, 2.75) is 25.8 Å². The molecule has 0 N–H and O–H groups in total. The lowest BCUT2D eigenvalue weighted by Crippen LogP contribution is -2.09. The lowest BCUT2D eigenvalue weighted by atomic mass is 9.94. The standard InChI is InChI=1S/C11H12N2/c1-8-5-6-13-7-12-10-4-2-3-9(8)11(10)13/h2-4,7-8H,5-6H2,1H3/t8-/m1/s1. The van der Waals surface area contributed by atoms with Crippen LogP contribution in [0, 0.1) is 0 Å². The molecule has 2 heteroatoms. The highest BCUT2D eigenvalue weighted by atomic mass is 15.0. The van der Waals surface area contributed by atoms with Crippen molar-refractivity contribution < 1.29 is 0 Å². The summed E-state index contributed by atoms with van der Waals surface area (Å²) in [4.78, 5) is 4.39. The van der Waals surface area contributed by atoms with Crippen LogP contribution in [0.25, 0.3) is 11.0 Å². The molecule has 2 nitrogen and oxygen atoms in total. The summed E-state index contributed by atoms with van der Waals surface area (Å²) in [5.74, 6) is 0.688. The van der Waals surface area contributed by atoms with Crippen molar-refractivity contribution in [3.05, 3.63) is 30.1 Å². The number of imidazole rings is 1. The second kappa shape index (κ2) is 2.34. The van der Waals surface area contributed by atoms with E-state index in [2.05, 4.69) is 34.7 Å². The van der Waals surface area contributed by atoms with E-state index in [9.17, 15) is 0 Å². The maximum Gasteiger partial charge on any atom is 0.0958 e. The minimum Gasteiger partial charge on any atom is -0.330 e. The van der Waals surface area contributed by atoms with Crippen LogP contribution in [0.3, 0.4) is 0 Å². The van der Waals surface area contributed by atoms with Crippen LogP contribution in [0.5, 0.6) is 0 Å². The highest BCUT2D eigenvalue weighted by Gasteiger charge is 2.17. The highest BCUT2D eigenvalue weighted by Crippen LogP contribution is 2.31. The first-order chi connectivity index (χ1) is 6.36. The molecule has 0 saturated heterocycles. The first-order valence-corrected chi connectivity index (χ1v) is 4.80. The summed E-state index contributed by atoms with van der Waals surface area (Å²) >= 11 is 0. The van der Waals surface area contributed by atoms with Gasteiger partial charge in [-0.25, -0.2) is 4.98 Å². The molecule has 0 amide bonds. The van der Waals surface area contributed by atoms with Crippen molar-refractivity contribution in [2.24, 2.45) is 0 Å². The number of hydrogen-bond acceptors (Lipinski definition) is 1. The van der Waals surface area contributed by atoms with E-state index in [1.807, 2.05) is 6.33 Å². The summed E-state index contributed by atoms with van der Waals surface area (Å²) in [6.45, 7) is 3.42. The molecule has 0 bridgehead atoms. The van der Waals surface area contributed by atoms with Crippen molar-refractivity contribution in [2.75, 3.05) is 0 Å². The van der Waals surface area contributed by atoms with Crippen LogP contribution in [-0.2, 0) is 6.54 Å². The summed E-state index contributed by atoms with van der Waals surface area (Å²) < 4.78 is 2.27. The molecule has 1 atom stereocenters. The molecule has 1 aliphatic heterocycles. The quantitative estimate of drug-likeness (QED) is 0.597. The topological polar surface area (TPSA) is 17.8 Å². The molecule has 13 heavy (non-hydrogen) atoms. The number of aromatic nitrogens is 2. The SMILES string of the molecule is C[C@@H]1CCn2cnc3cccc1c32. The van der Waals surface area contributed by atoms with Gasteiger partial charge in [-0.15, -0.1) is 0 Å². The minimum absolute atomic E-state index is 0.688. The number of hydrogen-bond donors (Lipinski definition) is 0. The molecule has 0 spiro atoms. The molecular formula is C11H12N2. The number of para-hydroxylation sites is 1. The zero-order chi connectivity index (χ0) is 8.84. The summed E-state index contributed by atoms with van der Waals surface area (Å²) in [5.41, 5.74) is 3.95. The third-order valence-corrected chi connectivity index (χ3v) is 3.00. The van der Waals surface area contributed by atoms with Gasteiger partial charge < -0.3 is 4.57 Å². The average Bonchev–Trinajstić information content (AvgIpc) is 2.57. The van der Waals surface area contributed by atoms with E-state index < -0.39 is 0 Å². The molecule has 0 fully saturated rings. The van der Waals surface area contributed by atoms with Gasteiger partial charge in [0.15, 0.2) is 0 Å². The fourth-order valence-corrected chi connectivity index (χ4v) is 2.21. The van der Waals surface area contributed by atoms with E-state index in [1.54, 1.807) is 0 Å². The van der Waals surface area contributed by atoms with Crippen molar-refractivity contribution in [3.63, 3.8) is 0 Å². The minimum atomic E-state index is 0.688. The largest absolute Gasteiger partial charge is 0.330 e. The van der Waals surface area contributed by atoms with Gasteiger partial charge in [-0.2, -0.15) is 0 Å². The molecule has 3 rings (SSSR count). The second-order valence-electron chi connectivity index (χ2n) is 3.84. The molecule has 66 valence electrons. The fraction of sp³-hybridized carbons (Fsp3) is 0.364. The molecule has 0 saturated carbocycles. The molecule has 2 aromatic rings. The number of aryl methyl sites for hydroxylation is 1. The van der Waals surface area contributed by atoms with Gasteiger partial charge in [-0.3, -0.25) is 0 Å². The summed E-state index contributed by atoms with van der Waals surface area (Å²) in [6.07, 6.45) is 3.20. The Balaban J connectivity index is 2.45. The Morgan fingerprint density at radius 1 is 1.46 bits per heavy atom. The van der Waals surface area contributed by atoms with Gasteiger partial charge in [0.25, 0.3) is 0 Å². The van der Waals surface area contributed by atoms with Crippen LogP contribution < -0.4 is 0 Å². The van der Waals surface area contributed by atoms with E-state index in [4.69, 9.17) is 0 Å². The van der Waals surface area contributed by atoms with Gasteiger partial charge in [0, 0.05) is 6.54 Å². The summed E-state index contributed by atoms with van der Waals surface area (Å²) in [6, 6.07) is 6.43. The third-order valence-electron chi connectivity index (χ3n) is 3.00. The Labute approximate surface area is 77.2 Å². The number of benzene rings is 1. The van der Waals surface area contributed by atoms with Crippen molar-refractivity contribution in [3.8, 4) is 0 Å². The molecule has 0 aliphatic carbocycles. The Morgan fingerprint density at radius 3 is 3.31 bits per heavy atom. The Kier molecular flexibility index (Phi) is 1.29.